The van der Waals surface area contributed by atoms with E-state index < -0.39 is 6.10 Å². The summed E-state index contributed by atoms with van der Waals surface area (Å²) in [5.41, 5.74) is 0. The van der Waals surface area contributed by atoms with E-state index in [-0.39, 0.29) is 31.1 Å². The Morgan fingerprint density at radius 1 is 0.253 bits per heavy atom. The highest BCUT2D eigenvalue weighted by Crippen LogP contribution is 2.16. The maximum atomic E-state index is 12.9. The van der Waals surface area contributed by atoms with Gasteiger partial charge in [0.1, 0.15) is 13.2 Å². The SMILES string of the molecule is CC/C=C\C/C=C\C/C=C\C/C=C\C/C=C\C/C=C\C/C=C\C/C=C\C/C=C\CCCCCCCCCC(=O)OCC(COC(=O)CCCCCCCCCCCCCCCCC)OC(=O)CCCCCCC/C=C\C/C=C\C/C=C\CC. The second-order valence-corrected chi connectivity index (χ2v) is 22.3. The zero-order valence-corrected chi connectivity index (χ0v) is 53.9. The van der Waals surface area contributed by atoms with Gasteiger partial charge in [0.15, 0.2) is 6.10 Å². The molecule has 0 aliphatic carbocycles. The van der Waals surface area contributed by atoms with Gasteiger partial charge < -0.3 is 14.2 Å². The number of carbonyl (C=O) groups excluding carboxylic acids is 3. The van der Waals surface area contributed by atoms with Crippen molar-refractivity contribution in [1.82, 2.24) is 0 Å². The molecule has 0 rings (SSSR count). The summed E-state index contributed by atoms with van der Waals surface area (Å²) in [6.45, 7) is 6.41. The molecule has 0 spiro atoms. The molecule has 470 valence electrons. The summed E-state index contributed by atoms with van der Waals surface area (Å²) >= 11 is 0. The summed E-state index contributed by atoms with van der Waals surface area (Å²) in [6, 6.07) is 0. The van der Waals surface area contributed by atoms with Crippen molar-refractivity contribution in [2.75, 3.05) is 13.2 Å². The summed E-state index contributed by atoms with van der Waals surface area (Å²) < 4.78 is 16.9. The predicted octanol–water partition coefficient (Wildman–Crippen LogP) is 23.9. The number of hydrogen-bond acceptors (Lipinski definition) is 6. The van der Waals surface area contributed by atoms with Crippen molar-refractivity contribution in [3.8, 4) is 0 Å². The van der Waals surface area contributed by atoms with E-state index in [0.29, 0.717) is 19.3 Å². The summed E-state index contributed by atoms with van der Waals surface area (Å²) in [4.78, 5) is 38.4. The lowest BCUT2D eigenvalue weighted by molar-refractivity contribution is -0.167. The molecule has 0 bridgehead atoms. The fourth-order valence-electron chi connectivity index (χ4n) is 9.27. The highest BCUT2D eigenvalue weighted by Gasteiger charge is 2.19. The Morgan fingerprint density at radius 2 is 0.470 bits per heavy atom. The standard InChI is InChI=1S/C77H126O6/c1-4-7-10-13-16-19-22-25-28-29-30-31-32-33-34-35-36-37-38-39-40-41-42-43-44-45-46-47-50-52-55-58-61-64-67-70-76(79)82-73-74(83-77(80)71-68-65-62-59-56-53-49-27-24-21-18-15-12-9-6-3)72-81-75(78)69-66-63-60-57-54-51-48-26-23-20-17-14-11-8-5-2/h7,9-10,12,16,18-19,21,25,27-28,30-31,33-34,36-37,39-40,42-43,45-46,49,74H,4-6,8,11,13-15,17,20,22-24,26,29,32,35,38,41,44,47-48,50-73H2,1-3H3/b10-7-,12-9-,19-16-,21-18-,28-25-,31-30-,34-33-,37-36-,40-39-,43-42-,46-45-,49-27-. The van der Waals surface area contributed by atoms with Gasteiger partial charge in [-0.2, -0.15) is 0 Å². The van der Waals surface area contributed by atoms with Gasteiger partial charge in [0.05, 0.1) is 0 Å². The van der Waals surface area contributed by atoms with Crippen molar-refractivity contribution in [3.63, 3.8) is 0 Å². The molecule has 1 unspecified atom stereocenters. The second-order valence-electron chi connectivity index (χ2n) is 22.3. The molecule has 0 radical (unpaired) electrons. The number of allylic oxidation sites excluding steroid dienone is 24. The van der Waals surface area contributed by atoms with Gasteiger partial charge in [-0.15, -0.1) is 0 Å². The van der Waals surface area contributed by atoms with Crippen molar-refractivity contribution in [2.24, 2.45) is 0 Å². The van der Waals surface area contributed by atoms with Gasteiger partial charge in [-0.3, -0.25) is 14.4 Å². The van der Waals surface area contributed by atoms with E-state index in [1.165, 1.54) is 103 Å². The Morgan fingerprint density at radius 3 is 0.735 bits per heavy atom. The Hall–Kier alpha value is -4.71. The van der Waals surface area contributed by atoms with Crippen LogP contribution < -0.4 is 0 Å². The van der Waals surface area contributed by atoms with Crippen LogP contribution in [0.1, 0.15) is 303 Å². The Labute approximate surface area is 512 Å². The smallest absolute Gasteiger partial charge is 0.306 e. The van der Waals surface area contributed by atoms with E-state index in [1.807, 2.05) is 0 Å². The van der Waals surface area contributed by atoms with Crippen LogP contribution in [-0.2, 0) is 28.6 Å². The molecule has 0 aliphatic rings. The van der Waals surface area contributed by atoms with Crippen LogP contribution in [-0.4, -0.2) is 37.2 Å². The van der Waals surface area contributed by atoms with Crippen molar-refractivity contribution < 1.29 is 28.6 Å². The molecule has 0 N–H and O–H groups in total. The molecule has 0 heterocycles. The zero-order chi connectivity index (χ0) is 59.9. The number of hydrogen-bond donors (Lipinski definition) is 0. The fraction of sp³-hybridized carbons (Fsp3) is 0.649. The van der Waals surface area contributed by atoms with Gasteiger partial charge in [0, 0.05) is 19.3 Å². The maximum Gasteiger partial charge on any atom is 0.306 e. The van der Waals surface area contributed by atoms with E-state index in [2.05, 4.69) is 167 Å². The third-order valence-electron chi connectivity index (χ3n) is 14.3. The van der Waals surface area contributed by atoms with E-state index in [0.717, 1.165) is 161 Å². The van der Waals surface area contributed by atoms with Crippen molar-refractivity contribution in [2.45, 2.75) is 309 Å². The van der Waals surface area contributed by atoms with E-state index in [4.69, 9.17) is 14.2 Å². The van der Waals surface area contributed by atoms with Crippen LogP contribution in [0.4, 0.5) is 0 Å². The first-order valence-electron chi connectivity index (χ1n) is 34.3. The fourth-order valence-corrected chi connectivity index (χ4v) is 9.27. The molecule has 6 heteroatoms. The van der Waals surface area contributed by atoms with Crippen molar-refractivity contribution in [1.29, 1.82) is 0 Å². The highest BCUT2D eigenvalue weighted by atomic mass is 16.6. The van der Waals surface area contributed by atoms with Crippen LogP contribution in [0.15, 0.2) is 146 Å². The normalized spacial score (nSPS) is 13.0. The van der Waals surface area contributed by atoms with Gasteiger partial charge >= 0.3 is 17.9 Å². The maximum absolute atomic E-state index is 12.9. The Balaban J connectivity index is 4.30. The van der Waals surface area contributed by atoms with Gasteiger partial charge in [0.25, 0.3) is 0 Å². The molecule has 0 aromatic heterocycles. The summed E-state index contributed by atoms with van der Waals surface area (Å²) in [6.07, 6.45) is 100. The highest BCUT2D eigenvalue weighted by molar-refractivity contribution is 5.71. The van der Waals surface area contributed by atoms with Gasteiger partial charge in [-0.1, -0.05) is 308 Å². The second kappa shape index (κ2) is 69.8. The van der Waals surface area contributed by atoms with E-state index >= 15 is 0 Å². The molecule has 0 saturated heterocycles. The van der Waals surface area contributed by atoms with Crippen LogP contribution in [0.5, 0.6) is 0 Å². The van der Waals surface area contributed by atoms with Crippen LogP contribution in [0.3, 0.4) is 0 Å². The average Bonchev–Trinajstić information content (AvgIpc) is 3.49. The number of ether oxygens (including phenoxy) is 3. The largest absolute Gasteiger partial charge is 0.462 e. The molecular weight excluding hydrogens is 1020 g/mol. The first-order valence-corrected chi connectivity index (χ1v) is 34.3. The molecule has 0 saturated carbocycles. The lowest BCUT2D eigenvalue weighted by atomic mass is 10.0. The minimum Gasteiger partial charge on any atom is -0.462 e. The lowest BCUT2D eigenvalue weighted by Crippen LogP contribution is -2.30. The van der Waals surface area contributed by atoms with Gasteiger partial charge in [-0.25, -0.2) is 0 Å². The third-order valence-corrected chi connectivity index (χ3v) is 14.3. The number of carbonyl (C=O) groups is 3. The minimum atomic E-state index is -0.796. The predicted molar refractivity (Wildman–Crippen MR) is 362 cm³/mol. The Kier molecular flexibility index (Phi) is 65.8. The molecule has 0 amide bonds. The topological polar surface area (TPSA) is 78.9 Å². The van der Waals surface area contributed by atoms with Crippen LogP contribution in [0.2, 0.25) is 0 Å². The molecule has 0 fully saturated rings. The summed E-state index contributed by atoms with van der Waals surface area (Å²) in [5.74, 6) is -0.913. The first-order chi connectivity index (χ1) is 41.0. The van der Waals surface area contributed by atoms with E-state index in [9.17, 15) is 14.4 Å². The molecule has 83 heavy (non-hydrogen) atoms. The molecule has 0 aromatic rings. The molecule has 0 aliphatic heterocycles. The lowest BCUT2D eigenvalue weighted by Gasteiger charge is -2.18. The van der Waals surface area contributed by atoms with Crippen LogP contribution >= 0.6 is 0 Å². The monoisotopic (exact) mass is 1150 g/mol. The van der Waals surface area contributed by atoms with E-state index in [1.54, 1.807) is 0 Å². The average molecular weight is 1150 g/mol. The minimum absolute atomic E-state index is 0.0895. The van der Waals surface area contributed by atoms with Gasteiger partial charge in [0.2, 0.25) is 0 Å². The molecular formula is C77H126O6. The quantitative estimate of drug-likeness (QED) is 0.0261. The number of unbranched alkanes of at least 4 members (excludes halogenated alkanes) is 26. The molecule has 0 aromatic carbocycles. The van der Waals surface area contributed by atoms with Crippen LogP contribution in [0.25, 0.3) is 0 Å². The first kappa shape index (κ1) is 78.3. The third kappa shape index (κ3) is 68.0. The molecule has 6 nitrogen and oxygen atoms in total. The summed E-state index contributed by atoms with van der Waals surface area (Å²) in [5, 5.41) is 0. The van der Waals surface area contributed by atoms with Gasteiger partial charge in [-0.05, 0) is 122 Å². The summed E-state index contributed by atoms with van der Waals surface area (Å²) in [7, 11) is 0. The Bertz CT molecular complexity index is 1800. The van der Waals surface area contributed by atoms with Crippen molar-refractivity contribution in [3.05, 3.63) is 146 Å². The molecule has 1 atom stereocenters. The van der Waals surface area contributed by atoms with Crippen molar-refractivity contribution >= 4 is 17.9 Å². The number of esters is 3. The number of rotatable bonds is 61. The van der Waals surface area contributed by atoms with Crippen LogP contribution in [0, 0.1) is 0 Å². The zero-order valence-electron chi connectivity index (χ0n) is 53.9.